The molecule has 0 bridgehead atoms. The number of fused-ring (bicyclic) bond motifs is 1. The number of hydrogen-bond acceptors (Lipinski definition) is 2. The Labute approximate surface area is 105 Å². The number of aryl methyl sites for hydroxylation is 1. The van der Waals surface area contributed by atoms with E-state index >= 15 is 0 Å². The van der Waals surface area contributed by atoms with Crippen LogP contribution in [0.2, 0.25) is 0 Å². The summed E-state index contributed by atoms with van der Waals surface area (Å²) in [6, 6.07) is 17.6. The number of nitrogens with zero attached hydrogens (tertiary/aromatic N) is 2. The topological polar surface area (TPSA) is 39.8 Å². The van der Waals surface area contributed by atoms with Crippen LogP contribution >= 0.6 is 0 Å². The van der Waals surface area contributed by atoms with Gasteiger partial charge in [-0.15, -0.1) is 0 Å². The third kappa shape index (κ3) is 1.61. The maximum absolute atomic E-state index is 11.8. The van der Waals surface area contributed by atoms with Crippen LogP contribution in [0.15, 0.2) is 54.6 Å². The molecule has 0 aliphatic carbocycles. The molecule has 0 spiro atoms. The highest BCUT2D eigenvalue weighted by Gasteiger charge is 2.14. The van der Waals surface area contributed by atoms with Gasteiger partial charge in [-0.25, -0.2) is 0 Å². The van der Waals surface area contributed by atoms with Crippen LogP contribution in [0.3, 0.4) is 0 Å². The summed E-state index contributed by atoms with van der Waals surface area (Å²) in [4.78, 5) is 0.699. The monoisotopic (exact) mass is 236 g/mol. The van der Waals surface area contributed by atoms with Crippen LogP contribution < -0.4 is 4.85 Å². The molecule has 0 aliphatic rings. The van der Waals surface area contributed by atoms with Gasteiger partial charge in [-0.3, -0.25) is 0 Å². The summed E-state index contributed by atoms with van der Waals surface area (Å²) in [5.41, 5.74) is 2.32. The molecule has 1 heterocycles. The lowest BCUT2D eigenvalue weighted by Crippen LogP contribution is -2.35. The largest absolute Gasteiger partial charge is 0.594 e. The van der Waals surface area contributed by atoms with E-state index in [0.29, 0.717) is 10.5 Å². The average Bonchev–Trinajstić information content (AvgIpc) is 2.44. The van der Waals surface area contributed by atoms with Crippen LogP contribution in [-0.2, 0) is 0 Å². The molecule has 0 aliphatic heterocycles. The third-order valence-electron chi connectivity index (χ3n) is 3.10. The minimum absolute atomic E-state index is 0.630. The number of aromatic nitrogens is 2. The van der Waals surface area contributed by atoms with Crippen LogP contribution in [0.5, 0.6) is 0 Å². The number of hydrogen-bond donors (Lipinski definition) is 0. The molecule has 2 aromatic carbocycles. The van der Waals surface area contributed by atoms with Gasteiger partial charge >= 0.3 is 0 Å². The molecule has 0 N–H and O–H groups in total. The lowest BCUT2D eigenvalue weighted by Gasteiger charge is -2.07. The molecule has 0 radical (unpaired) electrons. The van der Waals surface area contributed by atoms with E-state index in [1.807, 2.05) is 54.6 Å². The summed E-state index contributed by atoms with van der Waals surface area (Å²) in [5.74, 6) is 0. The molecule has 3 heteroatoms. The fraction of sp³-hybridized carbons (Fsp3) is 0.0667. The van der Waals surface area contributed by atoms with Crippen molar-refractivity contribution in [3.8, 4) is 11.3 Å². The summed E-state index contributed by atoms with van der Waals surface area (Å²) in [6.45, 7) is 1.79. The lowest BCUT2D eigenvalue weighted by atomic mass is 10.0. The van der Waals surface area contributed by atoms with E-state index in [4.69, 9.17) is 0 Å². The zero-order valence-electron chi connectivity index (χ0n) is 10.00. The zero-order chi connectivity index (χ0) is 12.5. The van der Waals surface area contributed by atoms with Crippen molar-refractivity contribution in [3.05, 3.63) is 65.5 Å². The van der Waals surface area contributed by atoms with Crippen LogP contribution in [0, 0.1) is 12.1 Å². The predicted octanol–water partition coefficient (Wildman–Crippen LogP) is 2.84. The SMILES string of the molecule is Cc1c2ccccc2c(-c2ccccc2)n[n+]1[O-]. The first-order valence-corrected chi connectivity index (χ1v) is 5.82. The molecule has 0 saturated heterocycles. The minimum Gasteiger partial charge on any atom is -0.594 e. The molecule has 0 saturated carbocycles. The van der Waals surface area contributed by atoms with Crippen molar-refractivity contribution in [2.75, 3.05) is 0 Å². The third-order valence-corrected chi connectivity index (χ3v) is 3.10. The fourth-order valence-electron chi connectivity index (χ4n) is 2.14. The summed E-state index contributed by atoms with van der Waals surface area (Å²) >= 11 is 0. The predicted molar refractivity (Wildman–Crippen MR) is 70.9 cm³/mol. The Hall–Kier alpha value is -2.42. The molecule has 0 unspecified atom stereocenters. The second-order valence-corrected chi connectivity index (χ2v) is 4.22. The highest BCUT2D eigenvalue weighted by atomic mass is 16.5. The Bertz CT molecular complexity index is 708. The van der Waals surface area contributed by atoms with E-state index in [1.54, 1.807) is 6.92 Å². The molecule has 3 aromatic rings. The van der Waals surface area contributed by atoms with Crippen LogP contribution in [0.4, 0.5) is 0 Å². The summed E-state index contributed by atoms with van der Waals surface area (Å²) < 4.78 is 0. The van der Waals surface area contributed by atoms with Gasteiger partial charge < -0.3 is 5.21 Å². The van der Waals surface area contributed by atoms with Gasteiger partial charge in [0.05, 0.1) is 5.39 Å². The molecule has 1 aromatic heterocycles. The van der Waals surface area contributed by atoms with Gasteiger partial charge in [0.15, 0.2) is 0 Å². The minimum atomic E-state index is 0.630. The van der Waals surface area contributed by atoms with Crippen molar-refractivity contribution in [2.45, 2.75) is 6.92 Å². The lowest BCUT2D eigenvalue weighted by molar-refractivity contribution is -0.672. The molecule has 3 nitrogen and oxygen atoms in total. The Morgan fingerprint density at radius 2 is 1.50 bits per heavy atom. The van der Waals surface area contributed by atoms with Crippen LogP contribution in [-0.4, -0.2) is 5.10 Å². The molecule has 0 atom stereocenters. The van der Waals surface area contributed by atoms with Crippen molar-refractivity contribution in [1.82, 2.24) is 5.10 Å². The summed E-state index contributed by atoms with van der Waals surface area (Å²) in [5, 5.41) is 17.9. The first-order valence-electron chi connectivity index (χ1n) is 5.82. The van der Waals surface area contributed by atoms with Gasteiger partial charge in [-0.2, -0.15) is 0 Å². The second-order valence-electron chi connectivity index (χ2n) is 4.22. The molecule has 0 amide bonds. The number of benzene rings is 2. The Kier molecular flexibility index (Phi) is 2.45. The van der Waals surface area contributed by atoms with Crippen molar-refractivity contribution < 1.29 is 4.85 Å². The van der Waals surface area contributed by atoms with Crippen molar-refractivity contribution in [1.29, 1.82) is 0 Å². The van der Waals surface area contributed by atoms with Gasteiger partial charge in [0.2, 0.25) is 5.69 Å². The quantitative estimate of drug-likeness (QED) is 0.481. The highest BCUT2D eigenvalue weighted by molar-refractivity contribution is 5.94. The van der Waals surface area contributed by atoms with E-state index in [1.165, 1.54) is 0 Å². The van der Waals surface area contributed by atoms with Gasteiger partial charge in [-0.1, -0.05) is 53.4 Å². The fourth-order valence-corrected chi connectivity index (χ4v) is 2.14. The molecular formula is C15H12N2O. The van der Waals surface area contributed by atoms with E-state index in [-0.39, 0.29) is 0 Å². The van der Waals surface area contributed by atoms with Gasteiger partial charge in [-0.05, 0) is 6.07 Å². The summed E-state index contributed by atoms with van der Waals surface area (Å²) in [6.07, 6.45) is 0. The Morgan fingerprint density at radius 3 is 2.22 bits per heavy atom. The van der Waals surface area contributed by atoms with Crippen LogP contribution in [0.1, 0.15) is 5.69 Å². The Morgan fingerprint density at radius 1 is 0.889 bits per heavy atom. The van der Waals surface area contributed by atoms with E-state index < -0.39 is 0 Å². The van der Waals surface area contributed by atoms with Crippen LogP contribution in [0.25, 0.3) is 22.0 Å². The zero-order valence-corrected chi connectivity index (χ0v) is 10.00. The van der Waals surface area contributed by atoms with Crippen molar-refractivity contribution in [3.63, 3.8) is 0 Å². The van der Waals surface area contributed by atoms with Gasteiger partial charge in [0, 0.05) is 23.0 Å². The number of rotatable bonds is 1. The van der Waals surface area contributed by atoms with E-state index in [2.05, 4.69) is 5.10 Å². The normalized spacial score (nSPS) is 10.7. The maximum atomic E-state index is 11.8. The van der Waals surface area contributed by atoms with E-state index in [9.17, 15) is 5.21 Å². The first kappa shape index (κ1) is 10.7. The molecule has 3 rings (SSSR count). The van der Waals surface area contributed by atoms with Gasteiger partial charge in [0.1, 0.15) is 5.69 Å². The van der Waals surface area contributed by atoms with Gasteiger partial charge in [0.25, 0.3) is 0 Å². The summed E-state index contributed by atoms with van der Waals surface area (Å²) in [7, 11) is 0. The first-order chi connectivity index (χ1) is 8.77. The second kappa shape index (κ2) is 4.11. The maximum Gasteiger partial charge on any atom is 0.226 e. The molecule has 88 valence electrons. The molecule has 18 heavy (non-hydrogen) atoms. The standard InChI is InChI=1S/C15H12N2O/c1-11-13-9-5-6-10-14(13)15(16-17(11)18)12-7-3-2-4-8-12/h2-10H,1H3. The highest BCUT2D eigenvalue weighted by Crippen LogP contribution is 2.26. The Balaban J connectivity index is 2.40. The average molecular weight is 236 g/mol. The van der Waals surface area contributed by atoms with Crippen molar-refractivity contribution in [2.24, 2.45) is 0 Å². The smallest absolute Gasteiger partial charge is 0.226 e. The molecular weight excluding hydrogens is 224 g/mol. The van der Waals surface area contributed by atoms with Crippen molar-refractivity contribution >= 4 is 10.8 Å². The van der Waals surface area contributed by atoms with E-state index in [0.717, 1.165) is 22.0 Å². The molecule has 0 fully saturated rings.